The highest BCUT2D eigenvalue weighted by molar-refractivity contribution is 5.94. The van der Waals surface area contributed by atoms with E-state index >= 15 is 0 Å². The quantitative estimate of drug-likeness (QED) is 0.273. The Morgan fingerprint density at radius 1 is 1.02 bits per heavy atom. The SMILES string of the molecule is CC.CC(=O)c1nn(CC(=O)N2CCN(c3cccc(C)c3C)CC2)c2c1CC(C(C)F)C2.CCCC(O)CCC(C)CC. The number of benzene rings is 1. The maximum absolute atomic E-state index is 13.9. The molecular weight excluding hydrogens is 555 g/mol. The Labute approximate surface area is 266 Å². The summed E-state index contributed by atoms with van der Waals surface area (Å²) in [4.78, 5) is 29.2. The molecule has 0 spiro atoms. The molecule has 0 radical (unpaired) electrons. The number of aromatic nitrogens is 2. The number of rotatable bonds is 11. The van der Waals surface area contributed by atoms with Crippen LogP contribution in [0.25, 0.3) is 0 Å². The molecule has 44 heavy (non-hydrogen) atoms. The van der Waals surface area contributed by atoms with Gasteiger partial charge in [0.15, 0.2) is 5.78 Å². The summed E-state index contributed by atoms with van der Waals surface area (Å²) in [5.74, 6) is 0.504. The summed E-state index contributed by atoms with van der Waals surface area (Å²) in [6.45, 7) is 20.8. The molecule has 1 aliphatic carbocycles. The number of carbonyl (C=O) groups is 2. The van der Waals surface area contributed by atoms with Gasteiger partial charge in [0.1, 0.15) is 18.4 Å². The molecule has 0 bridgehead atoms. The van der Waals surface area contributed by atoms with Gasteiger partial charge in [-0.2, -0.15) is 5.10 Å². The van der Waals surface area contributed by atoms with Gasteiger partial charge in [0.05, 0.1) is 6.10 Å². The summed E-state index contributed by atoms with van der Waals surface area (Å²) >= 11 is 0. The first-order valence-electron chi connectivity index (χ1n) is 17.0. The van der Waals surface area contributed by atoms with Crippen molar-refractivity contribution < 1.29 is 19.1 Å². The maximum Gasteiger partial charge on any atom is 0.244 e. The van der Waals surface area contributed by atoms with Gasteiger partial charge in [-0.15, -0.1) is 0 Å². The van der Waals surface area contributed by atoms with E-state index < -0.39 is 6.17 Å². The Bertz CT molecular complexity index is 1190. The van der Waals surface area contributed by atoms with Gasteiger partial charge in [-0.25, -0.2) is 4.39 Å². The van der Waals surface area contributed by atoms with E-state index in [1.54, 1.807) is 11.6 Å². The number of aryl methyl sites for hydroxylation is 1. The van der Waals surface area contributed by atoms with Crippen molar-refractivity contribution in [2.75, 3.05) is 31.1 Å². The molecule has 1 saturated heterocycles. The third-order valence-electron chi connectivity index (χ3n) is 9.22. The lowest BCUT2D eigenvalue weighted by molar-refractivity contribution is -0.132. The number of hydrogen-bond donors (Lipinski definition) is 1. The molecule has 4 unspecified atom stereocenters. The summed E-state index contributed by atoms with van der Waals surface area (Å²) in [6.07, 6.45) is 5.52. The molecule has 7 nitrogen and oxygen atoms in total. The summed E-state index contributed by atoms with van der Waals surface area (Å²) in [7, 11) is 0. The van der Waals surface area contributed by atoms with E-state index in [2.05, 4.69) is 62.8 Å². The molecule has 1 fully saturated rings. The predicted octanol–water partition coefficient (Wildman–Crippen LogP) is 7.12. The van der Waals surface area contributed by atoms with Gasteiger partial charge >= 0.3 is 0 Å². The summed E-state index contributed by atoms with van der Waals surface area (Å²) in [5.41, 5.74) is 5.85. The monoisotopic (exact) mass is 614 g/mol. The fourth-order valence-electron chi connectivity index (χ4n) is 5.96. The van der Waals surface area contributed by atoms with Crippen LogP contribution in [-0.2, 0) is 24.2 Å². The first-order valence-corrected chi connectivity index (χ1v) is 17.0. The highest BCUT2D eigenvalue weighted by Gasteiger charge is 2.34. The van der Waals surface area contributed by atoms with Gasteiger partial charge in [0, 0.05) is 50.0 Å². The van der Waals surface area contributed by atoms with E-state index in [1.807, 2.05) is 18.7 Å². The molecule has 0 saturated carbocycles. The fraction of sp³-hybridized carbons (Fsp3) is 0.694. The second-order valence-electron chi connectivity index (χ2n) is 12.5. The molecule has 4 rings (SSSR count). The van der Waals surface area contributed by atoms with Crippen LogP contribution >= 0.6 is 0 Å². The van der Waals surface area contributed by atoms with Crippen molar-refractivity contribution in [1.29, 1.82) is 0 Å². The number of hydrogen-bond acceptors (Lipinski definition) is 5. The molecule has 4 atom stereocenters. The smallest absolute Gasteiger partial charge is 0.244 e. The Hall–Kier alpha value is -2.74. The number of nitrogens with zero attached hydrogens (tertiary/aromatic N) is 4. The average molecular weight is 615 g/mol. The zero-order valence-electron chi connectivity index (χ0n) is 29.0. The molecule has 2 aliphatic rings. The van der Waals surface area contributed by atoms with Crippen LogP contribution in [-0.4, -0.2) is 69.9 Å². The predicted molar refractivity (Wildman–Crippen MR) is 179 cm³/mol. The second-order valence-corrected chi connectivity index (χ2v) is 12.5. The number of carbonyl (C=O) groups excluding carboxylic acids is 2. The number of alkyl halides is 1. The van der Waals surface area contributed by atoms with Crippen molar-refractivity contribution >= 4 is 17.4 Å². The lowest BCUT2D eigenvalue weighted by Gasteiger charge is -2.37. The lowest BCUT2D eigenvalue weighted by atomic mass is 9.99. The minimum Gasteiger partial charge on any atom is -0.393 e. The Morgan fingerprint density at radius 2 is 1.68 bits per heavy atom. The number of ketones is 1. The van der Waals surface area contributed by atoms with Gasteiger partial charge in [-0.05, 0) is 81.9 Å². The molecular formula is C36H59FN4O3. The van der Waals surface area contributed by atoms with Crippen molar-refractivity contribution in [2.24, 2.45) is 11.8 Å². The van der Waals surface area contributed by atoms with Crippen LogP contribution in [0, 0.1) is 25.7 Å². The Balaban J connectivity index is 0.000000441. The van der Waals surface area contributed by atoms with Crippen LogP contribution in [0.5, 0.6) is 0 Å². The number of amides is 1. The van der Waals surface area contributed by atoms with E-state index in [1.165, 1.54) is 36.6 Å². The molecule has 8 heteroatoms. The van der Waals surface area contributed by atoms with E-state index in [4.69, 9.17) is 0 Å². The van der Waals surface area contributed by atoms with Crippen LogP contribution in [0.3, 0.4) is 0 Å². The average Bonchev–Trinajstić information content (AvgIpc) is 3.60. The maximum atomic E-state index is 13.9. The van der Waals surface area contributed by atoms with Crippen molar-refractivity contribution in [3.8, 4) is 0 Å². The van der Waals surface area contributed by atoms with E-state index in [9.17, 15) is 19.1 Å². The summed E-state index contributed by atoms with van der Waals surface area (Å²) < 4.78 is 15.5. The normalized spacial score (nSPS) is 17.9. The molecule has 1 aromatic heterocycles. The van der Waals surface area contributed by atoms with Crippen LogP contribution < -0.4 is 4.90 Å². The number of fused-ring (bicyclic) bond motifs is 1. The third kappa shape index (κ3) is 10.1. The molecule has 248 valence electrons. The topological polar surface area (TPSA) is 78.7 Å². The van der Waals surface area contributed by atoms with Gasteiger partial charge in [0.2, 0.25) is 5.91 Å². The first-order chi connectivity index (χ1) is 21.0. The van der Waals surface area contributed by atoms with Crippen LogP contribution in [0.4, 0.5) is 10.1 Å². The number of anilines is 1. The molecule has 2 heterocycles. The zero-order valence-corrected chi connectivity index (χ0v) is 29.0. The molecule has 1 aliphatic heterocycles. The largest absolute Gasteiger partial charge is 0.393 e. The van der Waals surface area contributed by atoms with Gasteiger partial charge in [-0.3, -0.25) is 14.3 Å². The number of halogens is 1. The third-order valence-corrected chi connectivity index (χ3v) is 9.22. The zero-order chi connectivity index (χ0) is 33.0. The van der Waals surface area contributed by atoms with Crippen LogP contribution in [0.2, 0.25) is 0 Å². The van der Waals surface area contributed by atoms with Crippen molar-refractivity contribution in [1.82, 2.24) is 14.7 Å². The van der Waals surface area contributed by atoms with E-state index in [0.29, 0.717) is 31.6 Å². The van der Waals surface area contributed by atoms with Crippen molar-refractivity contribution in [2.45, 2.75) is 126 Å². The molecule has 1 aromatic carbocycles. The van der Waals surface area contributed by atoms with E-state index in [0.717, 1.165) is 49.5 Å². The standard InChI is InChI=1S/C24H31FN4O2.C10H22O.C2H6/c1-15-6-5-7-21(16(15)2)27-8-10-28(11-9-27)23(31)14-29-22-13-19(17(3)25)12-20(22)24(26-29)18(4)30;1-4-6-10(11)8-7-9(3)5-2;1-2/h5-7,17,19H,8-14H2,1-4H3;9-11H,4-8H2,1-3H3;1-2H3. The summed E-state index contributed by atoms with van der Waals surface area (Å²) in [5, 5.41) is 13.8. The highest BCUT2D eigenvalue weighted by Crippen LogP contribution is 2.33. The van der Waals surface area contributed by atoms with Crippen molar-refractivity contribution in [3.05, 3.63) is 46.3 Å². The minimum atomic E-state index is -0.950. The number of aliphatic hydroxyl groups excluding tert-OH is 1. The molecule has 1 N–H and O–H groups in total. The Kier molecular flexibility index (Phi) is 15.6. The first kappa shape index (κ1) is 37.4. The Morgan fingerprint density at radius 3 is 2.25 bits per heavy atom. The van der Waals surface area contributed by atoms with Crippen LogP contribution in [0.15, 0.2) is 18.2 Å². The highest BCUT2D eigenvalue weighted by atomic mass is 19.1. The van der Waals surface area contributed by atoms with Gasteiger partial charge in [-0.1, -0.05) is 59.6 Å². The van der Waals surface area contributed by atoms with Crippen LogP contribution in [0.1, 0.15) is 113 Å². The second kappa shape index (κ2) is 18.3. The fourth-order valence-corrected chi connectivity index (χ4v) is 5.96. The van der Waals surface area contributed by atoms with Crippen molar-refractivity contribution in [3.63, 3.8) is 0 Å². The van der Waals surface area contributed by atoms with Gasteiger partial charge in [0.25, 0.3) is 0 Å². The van der Waals surface area contributed by atoms with E-state index in [-0.39, 0.29) is 30.3 Å². The molecule has 2 aromatic rings. The summed E-state index contributed by atoms with van der Waals surface area (Å²) in [6, 6.07) is 6.33. The number of piperazine rings is 1. The molecule has 1 amide bonds. The number of aliphatic hydroxyl groups is 1. The van der Waals surface area contributed by atoms with Gasteiger partial charge < -0.3 is 14.9 Å². The minimum absolute atomic E-state index is 0.00207. The number of Topliss-reactive ketones (excluding diaryl/α,β-unsaturated/α-hetero) is 1. The lowest BCUT2D eigenvalue weighted by Crippen LogP contribution is -2.50.